The number of tetrazole rings is 1. The standard InChI is InChI=1S/C23H26N6O.ClH/c1-16-5-3-4-6-20(16)22-21-14-28(13-19(21)12-27(22)2)23(30)18-9-7-17(8-10-18)11-29-15-24-25-26-29;/h3-10,15,19,21-22H,11-14H2,1-2H3;1H/t19-,21+,22-;/m0./s1. The highest BCUT2D eigenvalue weighted by molar-refractivity contribution is 5.94. The predicted molar refractivity (Wildman–Crippen MR) is 120 cm³/mol. The van der Waals surface area contributed by atoms with Crippen molar-refractivity contribution in [1.29, 1.82) is 0 Å². The van der Waals surface area contributed by atoms with E-state index in [-0.39, 0.29) is 18.3 Å². The lowest BCUT2D eigenvalue weighted by molar-refractivity contribution is 0.0768. The van der Waals surface area contributed by atoms with E-state index in [0.717, 1.165) is 30.8 Å². The molecule has 3 atom stereocenters. The first-order chi connectivity index (χ1) is 14.6. The number of hydrogen-bond acceptors (Lipinski definition) is 5. The molecule has 0 saturated carbocycles. The summed E-state index contributed by atoms with van der Waals surface area (Å²) in [5.41, 5.74) is 4.54. The van der Waals surface area contributed by atoms with Crippen molar-refractivity contribution in [3.63, 3.8) is 0 Å². The first-order valence-electron chi connectivity index (χ1n) is 10.4. The van der Waals surface area contributed by atoms with E-state index in [1.807, 2.05) is 29.2 Å². The van der Waals surface area contributed by atoms with Crippen LogP contribution >= 0.6 is 12.4 Å². The summed E-state index contributed by atoms with van der Waals surface area (Å²) >= 11 is 0. The van der Waals surface area contributed by atoms with Gasteiger partial charge in [0.2, 0.25) is 0 Å². The van der Waals surface area contributed by atoms with Gasteiger partial charge in [0.1, 0.15) is 6.33 Å². The van der Waals surface area contributed by atoms with E-state index in [0.29, 0.717) is 24.4 Å². The molecule has 8 heteroatoms. The molecule has 0 radical (unpaired) electrons. The molecular formula is C23H27ClN6O. The Bertz CT molecular complexity index is 1040. The van der Waals surface area contributed by atoms with Crippen molar-refractivity contribution in [2.45, 2.75) is 19.5 Å². The summed E-state index contributed by atoms with van der Waals surface area (Å²) in [7, 11) is 2.21. The minimum absolute atomic E-state index is 0. The molecule has 0 bridgehead atoms. The van der Waals surface area contributed by atoms with E-state index in [9.17, 15) is 4.79 Å². The molecule has 1 aromatic heterocycles. The van der Waals surface area contributed by atoms with E-state index in [2.05, 4.69) is 58.7 Å². The third-order valence-electron chi connectivity index (χ3n) is 6.63. The lowest BCUT2D eigenvalue weighted by Gasteiger charge is -2.28. The van der Waals surface area contributed by atoms with Crippen LogP contribution in [0.25, 0.3) is 0 Å². The topological polar surface area (TPSA) is 67.2 Å². The number of amides is 1. The number of carbonyl (C=O) groups is 1. The number of aryl methyl sites for hydroxylation is 1. The van der Waals surface area contributed by atoms with Gasteiger partial charge in [0.05, 0.1) is 6.54 Å². The summed E-state index contributed by atoms with van der Waals surface area (Å²) in [6.45, 7) is 5.48. The SMILES string of the molecule is Cc1ccccc1[C@H]1[C@@H]2CN(C(=O)c3ccc(Cn4cnnn4)cc3)C[C@@H]2CN1C.Cl. The highest BCUT2D eigenvalue weighted by Crippen LogP contribution is 2.45. The molecule has 1 amide bonds. The molecule has 0 unspecified atom stereocenters. The molecule has 7 nitrogen and oxygen atoms in total. The second-order valence-electron chi connectivity index (χ2n) is 8.58. The molecular weight excluding hydrogens is 412 g/mol. The summed E-state index contributed by atoms with van der Waals surface area (Å²) in [6.07, 6.45) is 1.59. The molecule has 3 aromatic rings. The van der Waals surface area contributed by atoms with E-state index in [1.165, 1.54) is 11.1 Å². The average molecular weight is 439 g/mol. The first-order valence-corrected chi connectivity index (χ1v) is 10.4. The first kappa shape index (κ1) is 21.5. The third-order valence-corrected chi connectivity index (χ3v) is 6.63. The fourth-order valence-corrected chi connectivity index (χ4v) is 5.19. The van der Waals surface area contributed by atoms with Gasteiger partial charge in [0.15, 0.2) is 0 Å². The molecule has 2 saturated heterocycles. The van der Waals surface area contributed by atoms with Gasteiger partial charge in [-0.3, -0.25) is 9.69 Å². The van der Waals surface area contributed by atoms with Gasteiger partial charge in [-0.1, -0.05) is 36.4 Å². The number of nitrogens with zero attached hydrogens (tertiary/aromatic N) is 6. The summed E-state index contributed by atoms with van der Waals surface area (Å²) < 4.78 is 1.67. The van der Waals surface area contributed by atoms with Crippen molar-refractivity contribution >= 4 is 18.3 Å². The van der Waals surface area contributed by atoms with Gasteiger partial charge in [-0.15, -0.1) is 17.5 Å². The van der Waals surface area contributed by atoms with Crippen LogP contribution in [0.5, 0.6) is 0 Å². The van der Waals surface area contributed by atoms with E-state index in [4.69, 9.17) is 0 Å². The van der Waals surface area contributed by atoms with Crippen LogP contribution in [-0.2, 0) is 6.54 Å². The summed E-state index contributed by atoms with van der Waals surface area (Å²) in [4.78, 5) is 17.7. The van der Waals surface area contributed by atoms with Gasteiger partial charge in [-0.05, 0) is 59.1 Å². The summed E-state index contributed by atoms with van der Waals surface area (Å²) in [5, 5.41) is 11.2. The molecule has 2 aromatic carbocycles. The number of hydrogen-bond donors (Lipinski definition) is 0. The largest absolute Gasteiger partial charge is 0.338 e. The Hall–Kier alpha value is -2.77. The molecule has 2 aliphatic rings. The Morgan fingerprint density at radius 3 is 2.55 bits per heavy atom. The average Bonchev–Trinajstić information content (AvgIpc) is 3.46. The van der Waals surface area contributed by atoms with Crippen LogP contribution in [0.2, 0.25) is 0 Å². The molecule has 0 N–H and O–H groups in total. The van der Waals surface area contributed by atoms with E-state index >= 15 is 0 Å². The van der Waals surface area contributed by atoms with Crippen molar-refractivity contribution in [1.82, 2.24) is 30.0 Å². The molecule has 2 fully saturated rings. The maximum atomic E-state index is 13.2. The summed E-state index contributed by atoms with van der Waals surface area (Å²) in [5.74, 6) is 1.14. The maximum Gasteiger partial charge on any atom is 0.253 e. The van der Waals surface area contributed by atoms with Gasteiger partial charge < -0.3 is 4.90 Å². The smallest absolute Gasteiger partial charge is 0.253 e. The van der Waals surface area contributed by atoms with Gasteiger partial charge in [0.25, 0.3) is 5.91 Å². The Labute approximate surface area is 188 Å². The van der Waals surface area contributed by atoms with Crippen molar-refractivity contribution in [2.75, 3.05) is 26.7 Å². The molecule has 31 heavy (non-hydrogen) atoms. The predicted octanol–water partition coefficient (Wildman–Crippen LogP) is 2.83. The number of halogens is 1. The van der Waals surface area contributed by atoms with Gasteiger partial charge in [0, 0.05) is 37.2 Å². The molecule has 0 spiro atoms. The number of benzene rings is 2. The van der Waals surface area contributed by atoms with Crippen LogP contribution in [0.3, 0.4) is 0 Å². The molecule has 5 rings (SSSR count). The number of likely N-dealkylation sites (tertiary alicyclic amines) is 2. The summed E-state index contributed by atoms with van der Waals surface area (Å²) in [6, 6.07) is 16.8. The number of fused-ring (bicyclic) bond motifs is 1. The monoisotopic (exact) mass is 438 g/mol. The highest BCUT2D eigenvalue weighted by Gasteiger charge is 2.47. The zero-order valence-electron chi connectivity index (χ0n) is 17.8. The fraction of sp³-hybridized carbons (Fsp3) is 0.391. The molecule has 2 aliphatic heterocycles. The van der Waals surface area contributed by atoms with E-state index < -0.39 is 0 Å². The van der Waals surface area contributed by atoms with Crippen molar-refractivity contribution in [3.8, 4) is 0 Å². The second-order valence-corrected chi connectivity index (χ2v) is 8.58. The molecule has 3 heterocycles. The van der Waals surface area contributed by atoms with Gasteiger partial charge in [-0.2, -0.15) is 0 Å². The van der Waals surface area contributed by atoms with Crippen molar-refractivity contribution in [3.05, 3.63) is 77.1 Å². The maximum absolute atomic E-state index is 13.2. The van der Waals surface area contributed by atoms with Gasteiger partial charge >= 0.3 is 0 Å². The quantitative estimate of drug-likeness (QED) is 0.626. The van der Waals surface area contributed by atoms with Crippen LogP contribution in [0, 0.1) is 18.8 Å². The van der Waals surface area contributed by atoms with Crippen LogP contribution in [-0.4, -0.2) is 62.6 Å². The Kier molecular flexibility index (Phi) is 6.07. The van der Waals surface area contributed by atoms with Crippen LogP contribution in [0.15, 0.2) is 54.9 Å². The highest BCUT2D eigenvalue weighted by atomic mass is 35.5. The minimum Gasteiger partial charge on any atom is -0.338 e. The minimum atomic E-state index is 0. The molecule has 162 valence electrons. The van der Waals surface area contributed by atoms with Crippen molar-refractivity contribution in [2.24, 2.45) is 11.8 Å². The third kappa shape index (κ3) is 4.07. The Morgan fingerprint density at radius 1 is 1.06 bits per heavy atom. The number of carbonyl (C=O) groups excluding carboxylic acids is 1. The lowest BCUT2D eigenvalue weighted by atomic mass is 9.88. The van der Waals surface area contributed by atoms with Crippen LogP contribution < -0.4 is 0 Å². The Balaban J connectivity index is 0.00000231. The number of rotatable bonds is 4. The lowest BCUT2D eigenvalue weighted by Crippen LogP contribution is -2.33. The van der Waals surface area contributed by atoms with Crippen LogP contribution in [0.1, 0.15) is 33.1 Å². The number of aromatic nitrogens is 4. The zero-order chi connectivity index (χ0) is 20.7. The zero-order valence-corrected chi connectivity index (χ0v) is 18.6. The second kappa shape index (κ2) is 8.77. The fourth-order valence-electron chi connectivity index (χ4n) is 5.19. The van der Waals surface area contributed by atoms with E-state index in [1.54, 1.807) is 11.0 Å². The normalized spacial score (nSPS) is 22.9. The van der Waals surface area contributed by atoms with Crippen molar-refractivity contribution < 1.29 is 4.79 Å². The Morgan fingerprint density at radius 2 is 1.84 bits per heavy atom. The van der Waals surface area contributed by atoms with Gasteiger partial charge in [-0.25, -0.2) is 4.68 Å². The van der Waals surface area contributed by atoms with Crippen LogP contribution in [0.4, 0.5) is 0 Å². The molecule has 0 aliphatic carbocycles.